The monoisotopic (exact) mass is 386 g/mol. The number of aromatic amines is 1. The smallest absolute Gasteiger partial charge is 0.328 e. The van der Waals surface area contributed by atoms with Crippen LogP contribution in [0.15, 0.2) is 18.5 Å². The van der Waals surface area contributed by atoms with Crippen LogP contribution in [0.4, 0.5) is 9.59 Å². The second-order valence-electron chi connectivity index (χ2n) is 5.95. The minimum atomic E-state index is -0.554. The first-order valence-electron chi connectivity index (χ1n) is 9.43. The molecule has 1 rings (SSSR count). The molecule has 0 bridgehead atoms. The van der Waals surface area contributed by atoms with E-state index in [9.17, 15) is 9.59 Å². The summed E-state index contributed by atoms with van der Waals surface area (Å²) in [5.41, 5.74) is 9.83. The fourth-order valence-corrected chi connectivity index (χ4v) is 1.85. The second kappa shape index (κ2) is 20.0. The van der Waals surface area contributed by atoms with Crippen molar-refractivity contribution >= 4 is 12.1 Å². The first-order chi connectivity index (χ1) is 12.9. The van der Waals surface area contributed by atoms with Crippen LogP contribution < -0.4 is 23.2 Å². The lowest BCUT2D eigenvalue weighted by molar-refractivity contribution is 0.207. The lowest BCUT2D eigenvalue weighted by Gasteiger charge is -2.12. The first-order valence-corrected chi connectivity index (χ1v) is 9.43. The summed E-state index contributed by atoms with van der Waals surface area (Å²) in [5.74, 6) is 10.5. The number of amides is 4. The van der Waals surface area contributed by atoms with Gasteiger partial charge in [0.1, 0.15) is 0 Å². The highest BCUT2D eigenvalue weighted by Crippen LogP contribution is 1.99. The maximum atomic E-state index is 10.4. The van der Waals surface area contributed by atoms with Crippen molar-refractivity contribution in [3.05, 3.63) is 18.5 Å². The van der Waals surface area contributed by atoms with Gasteiger partial charge in [-0.25, -0.2) is 21.3 Å². The number of urea groups is 2. The number of hydrogen-bond acceptors (Lipinski definition) is 5. The quantitative estimate of drug-likeness (QED) is 0.179. The largest absolute Gasteiger partial charge is 0.350 e. The van der Waals surface area contributed by atoms with Gasteiger partial charge in [-0.05, 0) is 18.9 Å². The van der Waals surface area contributed by atoms with Crippen molar-refractivity contribution in [3.8, 4) is 0 Å². The van der Waals surface area contributed by atoms with Gasteiger partial charge >= 0.3 is 12.1 Å². The molecule has 1 aromatic rings. The summed E-state index contributed by atoms with van der Waals surface area (Å²) in [6.45, 7) is 5.40. The Balaban J connectivity index is 0. The molecule has 0 fully saturated rings. The van der Waals surface area contributed by atoms with Gasteiger partial charge in [-0.3, -0.25) is 15.1 Å². The molecular formula is C17H38N8O2. The maximum Gasteiger partial charge on any atom is 0.328 e. The summed E-state index contributed by atoms with van der Waals surface area (Å²) < 4.78 is 0. The van der Waals surface area contributed by atoms with E-state index in [4.69, 9.17) is 23.2 Å². The standard InChI is InChI=1S/2C7H17N3O.C3H4N2/c2*1-2-3-4-5-6-10(9)7(8)11;1-2-4-5-3-1/h2*2-6,9H2,1H3,(H2,8,11);1-3H,(H,4,5). The zero-order valence-corrected chi connectivity index (χ0v) is 16.8. The number of carbonyl (C=O) groups excluding carboxylic acids is 2. The van der Waals surface area contributed by atoms with E-state index in [1.54, 1.807) is 12.4 Å². The highest BCUT2D eigenvalue weighted by atomic mass is 16.2. The van der Waals surface area contributed by atoms with Crippen molar-refractivity contribution in [1.29, 1.82) is 0 Å². The van der Waals surface area contributed by atoms with Gasteiger partial charge in [0.15, 0.2) is 0 Å². The third-order valence-corrected chi connectivity index (χ3v) is 3.48. The predicted octanol–water partition coefficient (Wildman–Crippen LogP) is 2.05. The van der Waals surface area contributed by atoms with E-state index in [2.05, 4.69) is 24.0 Å². The average Bonchev–Trinajstić information content (AvgIpc) is 3.22. The van der Waals surface area contributed by atoms with Gasteiger partial charge in [-0.15, -0.1) is 0 Å². The number of rotatable bonds is 10. The number of nitrogens with one attached hydrogen (secondary N) is 1. The number of unbranched alkanes of at least 4 members (excludes halogenated alkanes) is 6. The Morgan fingerprint density at radius 1 is 0.852 bits per heavy atom. The molecule has 9 N–H and O–H groups in total. The SMILES string of the molecule is CCCCCCN(N)C(N)=O.CCCCCCN(N)C(N)=O.c1cn[nH]c1. The number of carbonyl (C=O) groups is 2. The molecule has 0 saturated heterocycles. The fourth-order valence-electron chi connectivity index (χ4n) is 1.85. The Morgan fingerprint density at radius 3 is 1.52 bits per heavy atom. The minimum Gasteiger partial charge on any atom is -0.350 e. The molecule has 0 unspecified atom stereocenters. The number of H-pyrrole nitrogens is 1. The van der Waals surface area contributed by atoms with Crippen LogP contribution >= 0.6 is 0 Å². The number of hydrazine groups is 2. The van der Waals surface area contributed by atoms with E-state index < -0.39 is 12.1 Å². The lowest BCUT2D eigenvalue weighted by atomic mass is 10.2. The van der Waals surface area contributed by atoms with E-state index in [-0.39, 0.29) is 0 Å². The molecule has 10 heteroatoms. The topological polar surface area (TPSA) is 173 Å². The number of hydrogen-bond donors (Lipinski definition) is 5. The van der Waals surface area contributed by atoms with E-state index in [1.165, 1.54) is 25.7 Å². The Bertz CT molecular complexity index is 397. The van der Waals surface area contributed by atoms with Crippen molar-refractivity contribution in [1.82, 2.24) is 20.2 Å². The molecular weight excluding hydrogens is 348 g/mol. The summed E-state index contributed by atoms with van der Waals surface area (Å²) in [6, 6.07) is 0.725. The van der Waals surface area contributed by atoms with E-state index in [0.717, 1.165) is 35.7 Å². The molecule has 158 valence electrons. The molecule has 0 aliphatic rings. The van der Waals surface area contributed by atoms with Crippen LogP contribution in [0.2, 0.25) is 0 Å². The van der Waals surface area contributed by atoms with Crippen LogP contribution in [0.25, 0.3) is 0 Å². The van der Waals surface area contributed by atoms with Crippen LogP contribution in [-0.4, -0.2) is 45.4 Å². The molecule has 10 nitrogen and oxygen atoms in total. The minimum absolute atomic E-state index is 0.554. The molecule has 0 aromatic carbocycles. The Kier molecular flexibility index (Phi) is 19.9. The van der Waals surface area contributed by atoms with Crippen LogP contribution in [-0.2, 0) is 0 Å². The summed E-state index contributed by atoms with van der Waals surface area (Å²) in [7, 11) is 0. The molecule has 4 amide bonds. The molecule has 27 heavy (non-hydrogen) atoms. The van der Waals surface area contributed by atoms with Gasteiger partial charge in [0, 0.05) is 25.5 Å². The van der Waals surface area contributed by atoms with Crippen LogP contribution in [0.3, 0.4) is 0 Å². The predicted molar refractivity (Wildman–Crippen MR) is 108 cm³/mol. The van der Waals surface area contributed by atoms with E-state index >= 15 is 0 Å². The van der Waals surface area contributed by atoms with Gasteiger partial charge < -0.3 is 11.5 Å². The van der Waals surface area contributed by atoms with Gasteiger partial charge in [0.05, 0.1) is 0 Å². The summed E-state index contributed by atoms with van der Waals surface area (Å²) in [5, 5.41) is 8.31. The Morgan fingerprint density at radius 2 is 1.30 bits per heavy atom. The molecule has 0 radical (unpaired) electrons. The Labute approximate surface area is 162 Å². The summed E-state index contributed by atoms with van der Waals surface area (Å²) in [4.78, 5) is 20.8. The molecule has 1 heterocycles. The van der Waals surface area contributed by atoms with E-state index in [1.807, 2.05) is 6.07 Å². The van der Waals surface area contributed by atoms with Gasteiger partial charge in [-0.2, -0.15) is 5.10 Å². The van der Waals surface area contributed by atoms with Gasteiger partial charge in [0.25, 0.3) is 0 Å². The summed E-state index contributed by atoms with van der Waals surface area (Å²) in [6.07, 6.45) is 12.3. The molecule has 0 saturated carbocycles. The average molecular weight is 387 g/mol. The zero-order chi connectivity index (χ0) is 20.9. The molecule has 0 atom stereocenters. The highest BCUT2D eigenvalue weighted by molar-refractivity contribution is 5.71. The molecule has 0 aliphatic carbocycles. The Hall–Kier alpha value is -2.33. The maximum absolute atomic E-state index is 10.4. The van der Waals surface area contributed by atoms with Crippen LogP contribution in [0.1, 0.15) is 65.2 Å². The van der Waals surface area contributed by atoms with Crippen LogP contribution in [0, 0.1) is 0 Å². The van der Waals surface area contributed by atoms with Crippen molar-refractivity contribution in [2.24, 2.45) is 23.2 Å². The van der Waals surface area contributed by atoms with Gasteiger partial charge in [0.2, 0.25) is 0 Å². The van der Waals surface area contributed by atoms with E-state index in [0.29, 0.717) is 13.1 Å². The van der Waals surface area contributed by atoms with Crippen molar-refractivity contribution in [2.75, 3.05) is 13.1 Å². The zero-order valence-electron chi connectivity index (χ0n) is 16.8. The third kappa shape index (κ3) is 21.6. The van der Waals surface area contributed by atoms with Crippen molar-refractivity contribution in [2.45, 2.75) is 65.2 Å². The lowest BCUT2D eigenvalue weighted by Crippen LogP contribution is -2.41. The number of primary amides is 2. The number of aromatic nitrogens is 2. The highest BCUT2D eigenvalue weighted by Gasteiger charge is 2.01. The molecule has 0 spiro atoms. The number of nitrogens with zero attached hydrogens (tertiary/aromatic N) is 3. The normalized spacial score (nSPS) is 9.33. The number of nitrogens with two attached hydrogens (primary N) is 4. The van der Waals surface area contributed by atoms with Crippen LogP contribution in [0.5, 0.6) is 0 Å². The second-order valence-corrected chi connectivity index (χ2v) is 5.95. The van der Waals surface area contributed by atoms with Crippen molar-refractivity contribution < 1.29 is 9.59 Å². The first kappa shape index (κ1) is 26.9. The third-order valence-electron chi connectivity index (χ3n) is 3.48. The van der Waals surface area contributed by atoms with Crippen molar-refractivity contribution in [3.63, 3.8) is 0 Å². The molecule has 1 aromatic heterocycles. The van der Waals surface area contributed by atoms with Gasteiger partial charge in [-0.1, -0.05) is 52.4 Å². The fraction of sp³-hybridized carbons (Fsp3) is 0.706. The summed E-state index contributed by atoms with van der Waals surface area (Å²) >= 11 is 0. The molecule has 0 aliphatic heterocycles.